The van der Waals surface area contributed by atoms with Gasteiger partial charge in [-0.15, -0.1) is 11.3 Å². The van der Waals surface area contributed by atoms with Crippen molar-refractivity contribution < 1.29 is 19.1 Å². The average Bonchev–Trinajstić information content (AvgIpc) is 3.41. The van der Waals surface area contributed by atoms with E-state index in [1.165, 1.54) is 11.3 Å². The minimum atomic E-state index is -0.635. The third-order valence-electron chi connectivity index (χ3n) is 5.15. The molecule has 7 heteroatoms. The number of benzene rings is 1. The number of ether oxygens (including phenoxy) is 1. The number of carbonyl (C=O) groups excluding carboxylic acids is 3. The second kappa shape index (κ2) is 9.43. The van der Waals surface area contributed by atoms with Crippen LogP contribution in [0.25, 0.3) is 0 Å². The van der Waals surface area contributed by atoms with Gasteiger partial charge in [0, 0.05) is 18.6 Å². The van der Waals surface area contributed by atoms with Gasteiger partial charge in [-0.2, -0.15) is 0 Å². The van der Waals surface area contributed by atoms with Crippen LogP contribution in [0.3, 0.4) is 0 Å². The van der Waals surface area contributed by atoms with E-state index < -0.39 is 17.6 Å². The van der Waals surface area contributed by atoms with Crippen LogP contribution in [0.5, 0.6) is 0 Å². The highest BCUT2D eigenvalue weighted by molar-refractivity contribution is 7.12. The molecular weight excluding hydrogens is 400 g/mol. The van der Waals surface area contributed by atoms with E-state index in [-0.39, 0.29) is 18.4 Å². The first-order valence-corrected chi connectivity index (χ1v) is 11.0. The van der Waals surface area contributed by atoms with Crippen molar-refractivity contribution in [2.45, 2.75) is 51.7 Å². The molecular formula is C23H28N2O4S. The van der Waals surface area contributed by atoms with Crippen LogP contribution in [-0.2, 0) is 20.9 Å². The van der Waals surface area contributed by atoms with Crippen molar-refractivity contribution in [3.05, 3.63) is 58.3 Å². The molecule has 2 amide bonds. The van der Waals surface area contributed by atoms with Crippen molar-refractivity contribution >= 4 is 29.1 Å². The second-order valence-electron chi connectivity index (χ2n) is 8.38. The Hall–Kier alpha value is -2.67. The van der Waals surface area contributed by atoms with Crippen LogP contribution >= 0.6 is 11.3 Å². The molecule has 0 N–H and O–H groups in total. The van der Waals surface area contributed by atoms with Gasteiger partial charge < -0.3 is 14.5 Å². The van der Waals surface area contributed by atoms with Crippen molar-refractivity contribution in [1.29, 1.82) is 0 Å². The zero-order valence-electron chi connectivity index (χ0n) is 17.7. The van der Waals surface area contributed by atoms with Crippen molar-refractivity contribution in [3.8, 4) is 0 Å². The zero-order chi connectivity index (χ0) is 21.7. The third kappa shape index (κ3) is 5.27. The Morgan fingerprint density at radius 2 is 1.87 bits per heavy atom. The van der Waals surface area contributed by atoms with E-state index in [2.05, 4.69) is 0 Å². The fourth-order valence-electron chi connectivity index (χ4n) is 3.57. The quantitative estimate of drug-likeness (QED) is 0.658. The van der Waals surface area contributed by atoms with Gasteiger partial charge in [-0.25, -0.2) is 4.79 Å². The molecule has 1 aliphatic heterocycles. The minimum Gasteiger partial charge on any atom is -0.454 e. The first-order chi connectivity index (χ1) is 14.3. The predicted molar refractivity (Wildman–Crippen MR) is 116 cm³/mol. The third-order valence-corrected chi connectivity index (χ3v) is 6.01. The molecule has 160 valence electrons. The standard InChI is InChI=1S/C23H28N2O4S/c1-23(2,3)25(15-17-9-5-4-6-10-17)20(26)16-29-22(28)18-11-7-13-24(18)21(27)19-12-8-14-30-19/h4-6,8-10,12,14,18H,7,11,13,15-16H2,1-3H3. The van der Waals surface area contributed by atoms with Gasteiger partial charge in [0.1, 0.15) is 6.04 Å². The Labute approximate surface area is 181 Å². The summed E-state index contributed by atoms with van der Waals surface area (Å²) in [6, 6.07) is 12.6. The predicted octanol–water partition coefficient (Wildman–Crippen LogP) is 3.72. The van der Waals surface area contributed by atoms with Gasteiger partial charge in [-0.3, -0.25) is 9.59 Å². The van der Waals surface area contributed by atoms with Crippen molar-refractivity contribution in [2.24, 2.45) is 0 Å². The fraction of sp³-hybridized carbons (Fsp3) is 0.435. The molecule has 1 aromatic carbocycles. The maximum absolute atomic E-state index is 12.9. The molecule has 2 aromatic rings. The van der Waals surface area contributed by atoms with E-state index in [4.69, 9.17) is 4.74 Å². The number of hydrogen-bond acceptors (Lipinski definition) is 5. The number of thiophene rings is 1. The van der Waals surface area contributed by atoms with Gasteiger partial charge in [0.05, 0.1) is 4.88 Å². The normalized spacial score (nSPS) is 16.4. The van der Waals surface area contributed by atoms with Gasteiger partial charge in [-0.05, 0) is 50.6 Å². The Morgan fingerprint density at radius 1 is 1.13 bits per heavy atom. The van der Waals surface area contributed by atoms with Gasteiger partial charge >= 0.3 is 5.97 Å². The smallest absolute Gasteiger partial charge is 0.329 e. The molecule has 0 bridgehead atoms. The molecule has 1 atom stereocenters. The van der Waals surface area contributed by atoms with E-state index in [0.717, 1.165) is 12.0 Å². The van der Waals surface area contributed by atoms with E-state index in [9.17, 15) is 14.4 Å². The second-order valence-corrected chi connectivity index (χ2v) is 9.33. The molecule has 6 nitrogen and oxygen atoms in total. The van der Waals surface area contributed by atoms with E-state index >= 15 is 0 Å². The molecule has 1 aliphatic rings. The van der Waals surface area contributed by atoms with Crippen molar-refractivity contribution in [3.63, 3.8) is 0 Å². The lowest BCUT2D eigenvalue weighted by molar-refractivity contribution is -0.157. The summed E-state index contributed by atoms with van der Waals surface area (Å²) >= 11 is 1.35. The molecule has 30 heavy (non-hydrogen) atoms. The molecule has 0 radical (unpaired) electrons. The largest absolute Gasteiger partial charge is 0.454 e. The lowest BCUT2D eigenvalue weighted by Gasteiger charge is -2.36. The summed E-state index contributed by atoms with van der Waals surface area (Å²) in [5.74, 6) is -0.927. The van der Waals surface area contributed by atoms with Crippen LogP contribution in [0.4, 0.5) is 0 Å². The summed E-state index contributed by atoms with van der Waals surface area (Å²) in [4.78, 5) is 42.1. The number of nitrogens with zero attached hydrogens (tertiary/aromatic N) is 2. The highest BCUT2D eigenvalue weighted by Crippen LogP contribution is 2.23. The maximum Gasteiger partial charge on any atom is 0.329 e. The minimum absolute atomic E-state index is 0.156. The molecule has 0 spiro atoms. The van der Waals surface area contributed by atoms with Gasteiger partial charge in [0.25, 0.3) is 11.8 Å². The number of rotatable bonds is 6. The summed E-state index contributed by atoms with van der Waals surface area (Å²) < 4.78 is 5.38. The fourth-order valence-corrected chi connectivity index (χ4v) is 4.25. The van der Waals surface area contributed by atoms with Gasteiger partial charge in [-0.1, -0.05) is 36.4 Å². The Kier molecular flexibility index (Phi) is 6.92. The van der Waals surface area contributed by atoms with Crippen LogP contribution < -0.4 is 0 Å². The first kappa shape index (κ1) is 22.0. The number of likely N-dealkylation sites (tertiary alicyclic amines) is 1. The van der Waals surface area contributed by atoms with Crippen molar-refractivity contribution in [2.75, 3.05) is 13.2 Å². The summed E-state index contributed by atoms with van der Waals surface area (Å²) in [7, 11) is 0. The van der Waals surface area contributed by atoms with E-state index in [1.54, 1.807) is 15.9 Å². The molecule has 0 saturated carbocycles. The lowest BCUT2D eigenvalue weighted by atomic mass is 10.0. The Balaban J connectivity index is 1.61. The summed E-state index contributed by atoms with van der Waals surface area (Å²) in [6.45, 7) is 6.48. The first-order valence-electron chi connectivity index (χ1n) is 10.1. The monoisotopic (exact) mass is 428 g/mol. The molecule has 0 aliphatic carbocycles. The van der Waals surface area contributed by atoms with E-state index in [1.807, 2.05) is 62.5 Å². The van der Waals surface area contributed by atoms with Gasteiger partial charge in [0.2, 0.25) is 0 Å². The van der Waals surface area contributed by atoms with Crippen LogP contribution in [-0.4, -0.2) is 52.3 Å². The summed E-state index contributed by atoms with van der Waals surface area (Å²) in [5.41, 5.74) is 0.587. The summed E-state index contributed by atoms with van der Waals surface area (Å²) in [6.07, 6.45) is 1.30. The molecule has 1 saturated heterocycles. The Bertz CT molecular complexity index is 874. The van der Waals surface area contributed by atoms with Gasteiger partial charge in [0.15, 0.2) is 6.61 Å². The maximum atomic E-state index is 12.9. The van der Waals surface area contributed by atoms with Crippen LogP contribution in [0.1, 0.15) is 48.8 Å². The Morgan fingerprint density at radius 3 is 2.50 bits per heavy atom. The van der Waals surface area contributed by atoms with Crippen LogP contribution in [0.2, 0.25) is 0 Å². The van der Waals surface area contributed by atoms with E-state index in [0.29, 0.717) is 24.4 Å². The molecule has 3 rings (SSSR count). The number of esters is 1. The average molecular weight is 429 g/mol. The molecule has 2 heterocycles. The zero-order valence-corrected chi connectivity index (χ0v) is 18.5. The molecule has 1 fully saturated rings. The highest BCUT2D eigenvalue weighted by atomic mass is 32.1. The highest BCUT2D eigenvalue weighted by Gasteiger charge is 2.37. The van der Waals surface area contributed by atoms with Crippen LogP contribution in [0.15, 0.2) is 47.8 Å². The van der Waals surface area contributed by atoms with Crippen LogP contribution in [0, 0.1) is 0 Å². The number of hydrogen-bond donors (Lipinski definition) is 0. The topological polar surface area (TPSA) is 66.9 Å². The van der Waals surface area contributed by atoms with Crippen molar-refractivity contribution in [1.82, 2.24) is 9.80 Å². The SMILES string of the molecule is CC(C)(C)N(Cc1ccccc1)C(=O)COC(=O)C1CCCN1C(=O)c1cccs1. The number of carbonyl (C=O) groups is 3. The summed E-state index contributed by atoms with van der Waals surface area (Å²) in [5, 5.41) is 1.84. The lowest BCUT2D eigenvalue weighted by Crippen LogP contribution is -2.48. The number of amides is 2. The molecule has 1 unspecified atom stereocenters. The molecule has 1 aromatic heterocycles.